The van der Waals surface area contributed by atoms with E-state index in [0.29, 0.717) is 40.4 Å². The van der Waals surface area contributed by atoms with Crippen LogP contribution in [-0.2, 0) is 12.6 Å². The van der Waals surface area contributed by atoms with Crippen LogP contribution in [0.25, 0.3) is 11.1 Å². The van der Waals surface area contributed by atoms with Crippen LogP contribution in [0.4, 0.5) is 29.5 Å². The second-order valence-corrected chi connectivity index (χ2v) is 8.51. The van der Waals surface area contributed by atoms with E-state index >= 15 is 0 Å². The number of nitrogens with one attached hydrogen (secondary N) is 2. The average molecular weight is 537 g/mol. The molecule has 200 valence electrons. The molecule has 4 rings (SSSR count). The number of hydrogen-bond donors (Lipinski definition) is 3. The lowest BCUT2D eigenvalue weighted by atomic mass is 9.96. The third-order valence-corrected chi connectivity index (χ3v) is 5.59. The van der Waals surface area contributed by atoms with Crippen LogP contribution < -0.4 is 15.4 Å². The monoisotopic (exact) mass is 536 g/mol. The molecule has 0 saturated heterocycles. The lowest BCUT2D eigenvalue weighted by molar-refractivity contribution is -0.137. The first kappa shape index (κ1) is 27.1. The van der Waals surface area contributed by atoms with Gasteiger partial charge in [-0.15, -0.1) is 0 Å². The summed E-state index contributed by atoms with van der Waals surface area (Å²) < 4.78 is 44.5. The number of amides is 2. The van der Waals surface area contributed by atoms with E-state index in [4.69, 9.17) is 9.84 Å². The molecule has 0 atom stereocenters. The Morgan fingerprint density at radius 1 is 0.974 bits per heavy atom. The average Bonchev–Trinajstić information content (AvgIpc) is 2.89. The van der Waals surface area contributed by atoms with Crippen LogP contribution in [0.15, 0.2) is 79.0 Å². The number of hydrogen-bond acceptors (Lipinski definition) is 5. The third kappa shape index (κ3) is 7.31. The van der Waals surface area contributed by atoms with Gasteiger partial charge in [-0.1, -0.05) is 35.9 Å². The Morgan fingerprint density at radius 3 is 2.41 bits per heavy atom. The minimum atomic E-state index is -4.45. The number of benzene rings is 2. The normalized spacial score (nSPS) is 11.1. The van der Waals surface area contributed by atoms with Gasteiger partial charge >= 0.3 is 12.3 Å². The molecule has 2 aromatic heterocycles. The van der Waals surface area contributed by atoms with Gasteiger partial charge in [0.1, 0.15) is 5.82 Å². The molecule has 0 spiro atoms. The van der Waals surface area contributed by atoms with Gasteiger partial charge in [-0.05, 0) is 54.4 Å². The smallest absolute Gasteiger partial charge is 0.416 e. The zero-order valence-corrected chi connectivity index (χ0v) is 20.6. The van der Waals surface area contributed by atoms with Gasteiger partial charge in [0.15, 0.2) is 0 Å². The zero-order chi connectivity index (χ0) is 28.0. The molecule has 8 nitrogen and oxygen atoms in total. The van der Waals surface area contributed by atoms with Crippen molar-refractivity contribution in [1.82, 2.24) is 9.97 Å². The van der Waals surface area contributed by atoms with E-state index in [1.54, 1.807) is 42.5 Å². The minimum Gasteiger partial charge on any atom is -0.477 e. The van der Waals surface area contributed by atoms with Gasteiger partial charge < -0.3 is 15.2 Å². The van der Waals surface area contributed by atoms with Gasteiger partial charge in [0.05, 0.1) is 24.1 Å². The van der Waals surface area contributed by atoms with Crippen LogP contribution >= 0.6 is 0 Å². The second kappa shape index (κ2) is 11.6. The minimum absolute atomic E-state index is 0.216. The topological polar surface area (TPSA) is 113 Å². The molecule has 0 aliphatic rings. The molecule has 3 N–H and O–H groups in total. The molecule has 2 amide bonds. The third-order valence-electron chi connectivity index (χ3n) is 5.59. The fourth-order valence-electron chi connectivity index (χ4n) is 3.73. The molecule has 39 heavy (non-hydrogen) atoms. The molecule has 0 aliphatic heterocycles. The predicted octanol–water partition coefficient (Wildman–Crippen LogP) is 6.43. The van der Waals surface area contributed by atoms with Crippen molar-refractivity contribution in [3.8, 4) is 17.0 Å². The molecular formula is C28H23F3N4O4. The number of anilines is 2. The Morgan fingerprint density at radius 2 is 1.74 bits per heavy atom. The van der Waals surface area contributed by atoms with Crippen molar-refractivity contribution >= 4 is 23.5 Å². The molecule has 2 heterocycles. The molecule has 0 unspecified atom stereocenters. The van der Waals surface area contributed by atoms with Gasteiger partial charge in [-0.3, -0.25) is 10.1 Å². The van der Waals surface area contributed by atoms with Crippen molar-refractivity contribution in [2.75, 3.05) is 17.2 Å². The number of ether oxygens (including phenoxy) is 1. The van der Waals surface area contributed by atoms with E-state index in [-0.39, 0.29) is 12.4 Å². The SMILES string of the molecule is Cc1ccc(-c2ccc(C(F)(F)F)cc2)c(C(=O)Nc2ccc(OCCc3cccc(NC(=O)O)n3)nc2)c1. The number of carbonyl (C=O) groups excluding carboxylic acids is 1. The first-order valence-electron chi connectivity index (χ1n) is 11.7. The van der Waals surface area contributed by atoms with Crippen molar-refractivity contribution in [2.45, 2.75) is 19.5 Å². The Labute approximate surface area is 221 Å². The maximum Gasteiger partial charge on any atom is 0.416 e. The predicted molar refractivity (Wildman–Crippen MR) is 139 cm³/mol. The highest BCUT2D eigenvalue weighted by Crippen LogP contribution is 2.32. The van der Waals surface area contributed by atoms with Gasteiger partial charge in [-0.2, -0.15) is 13.2 Å². The largest absolute Gasteiger partial charge is 0.477 e. The second-order valence-electron chi connectivity index (χ2n) is 8.51. The molecule has 2 aromatic carbocycles. The maximum atomic E-state index is 13.1. The number of nitrogens with zero attached hydrogens (tertiary/aromatic N) is 2. The summed E-state index contributed by atoms with van der Waals surface area (Å²) in [6.07, 6.45) is -3.81. The molecule has 0 aliphatic carbocycles. The summed E-state index contributed by atoms with van der Waals surface area (Å²) in [5.74, 6) is 0.0899. The van der Waals surface area contributed by atoms with Crippen molar-refractivity contribution in [1.29, 1.82) is 0 Å². The van der Waals surface area contributed by atoms with Crippen molar-refractivity contribution in [2.24, 2.45) is 0 Å². The van der Waals surface area contributed by atoms with E-state index < -0.39 is 23.7 Å². The summed E-state index contributed by atoms with van der Waals surface area (Å²) in [5, 5.41) is 13.7. The van der Waals surface area contributed by atoms with Crippen LogP contribution in [0, 0.1) is 6.92 Å². The molecule has 0 fully saturated rings. The summed E-state index contributed by atoms with van der Waals surface area (Å²) in [6, 6.07) is 18.0. The van der Waals surface area contributed by atoms with E-state index in [1.165, 1.54) is 24.4 Å². The highest BCUT2D eigenvalue weighted by atomic mass is 19.4. The Balaban J connectivity index is 1.39. The van der Waals surface area contributed by atoms with Gasteiger partial charge in [-0.25, -0.2) is 14.8 Å². The van der Waals surface area contributed by atoms with Crippen LogP contribution in [0.1, 0.15) is 27.2 Å². The summed E-state index contributed by atoms with van der Waals surface area (Å²) >= 11 is 0. The summed E-state index contributed by atoms with van der Waals surface area (Å²) in [6.45, 7) is 2.05. The van der Waals surface area contributed by atoms with Gasteiger partial charge in [0.2, 0.25) is 5.88 Å². The molecule has 4 aromatic rings. The van der Waals surface area contributed by atoms with E-state index in [1.807, 2.05) is 6.92 Å². The summed E-state index contributed by atoms with van der Waals surface area (Å²) in [7, 11) is 0. The number of carboxylic acid groups (broad SMARTS) is 1. The van der Waals surface area contributed by atoms with Crippen LogP contribution in [0.3, 0.4) is 0 Å². The fraction of sp³-hybridized carbons (Fsp3) is 0.143. The zero-order valence-electron chi connectivity index (χ0n) is 20.6. The van der Waals surface area contributed by atoms with Gasteiger partial charge in [0.25, 0.3) is 5.91 Å². The van der Waals surface area contributed by atoms with Crippen molar-refractivity contribution in [3.63, 3.8) is 0 Å². The fourth-order valence-corrected chi connectivity index (χ4v) is 3.73. The number of alkyl halides is 3. The molecule has 11 heteroatoms. The number of halogens is 3. The Hall–Kier alpha value is -4.93. The number of carbonyl (C=O) groups is 2. The molecule has 0 bridgehead atoms. The van der Waals surface area contributed by atoms with Crippen LogP contribution in [-0.4, -0.2) is 33.7 Å². The number of aryl methyl sites for hydroxylation is 1. The van der Waals surface area contributed by atoms with Crippen molar-refractivity contribution in [3.05, 3.63) is 101 Å². The first-order valence-corrected chi connectivity index (χ1v) is 11.7. The van der Waals surface area contributed by atoms with E-state index in [0.717, 1.165) is 17.7 Å². The number of rotatable bonds is 8. The van der Waals surface area contributed by atoms with E-state index in [2.05, 4.69) is 20.6 Å². The number of aromatic nitrogens is 2. The lowest BCUT2D eigenvalue weighted by Crippen LogP contribution is -2.14. The van der Waals surface area contributed by atoms with E-state index in [9.17, 15) is 22.8 Å². The summed E-state index contributed by atoms with van der Waals surface area (Å²) in [4.78, 5) is 32.2. The highest BCUT2D eigenvalue weighted by molar-refractivity contribution is 6.08. The quantitative estimate of drug-likeness (QED) is 0.239. The van der Waals surface area contributed by atoms with Crippen LogP contribution in [0.5, 0.6) is 5.88 Å². The number of pyridine rings is 2. The molecule has 0 saturated carbocycles. The molecular weight excluding hydrogens is 513 g/mol. The lowest BCUT2D eigenvalue weighted by Gasteiger charge is -2.13. The summed E-state index contributed by atoms with van der Waals surface area (Å²) in [5.41, 5.74) is 2.37. The van der Waals surface area contributed by atoms with Gasteiger partial charge in [0, 0.05) is 23.7 Å². The van der Waals surface area contributed by atoms with Crippen LogP contribution in [0.2, 0.25) is 0 Å². The molecule has 0 radical (unpaired) electrons. The standard InChI is InChI=1S/C28H23F3N4O4/c1-17-5-11-22(18-6-8-19(9-7-18)28(29,30)31)23(15-17)26(36)34-21-10-12-25(32-16-21)39-14-13-20-3-2-4-24(33-20)35-27(37)38/h2-12,15-16H,13-14H2,1H3,(H,33,35)(H,34,36)(H,37,38). The highest BCUT2D eigenvalue weighted by Gasteiger charge is 2.30. The Kier molecular flexibility index (Phi) is 8.09. The van der Waals surface area contributed by atoms with Crippen molar-refractivity contribution < 1.29 is 32.6 Å². The maximum absolute atomic E-state index is 13.1. The first-order chi connectivity index (χ1) is 18.6. The Bertz CT molecular complexity index is 1470.